The van der Waals surface area contributed by atoms with Crippen molar-refractivity contribution in [3.63, 3.8) is 0 Å². The van der Waals surface area contributed by atoms with E-state index in [1.807, 2.05) is 30.3 Å². The molecule has 0 unspecified atom stereocenters. The molecule has 172 valence electrons. The van der Waals surface area contributed by atoms with Crippen LogP contribution in [0.15, 0.2) is 54.6 Å². The van der Waals surface area contributed by atoms with Gasteiger partial charge in [-0.1, -0.05) is 42.5 Å². The minimum atomic E-state index is -1.07. The first kappa shape index (κ1) is 24.9. The molecular weight excluding hydrogens is 410 g/mol. The summed E-state index contributed by atoms with van der Waals surface area (Å²) in [6.07, 6.45) is 0.199. The number of carbonyl (C=O) groups is 3. The summed E-state index contributed by atoms with van der Waals surface area (Å²) in [7, 11) is 1.57. The summed E-state index contributed by atoms with van der Waals surface area (Å²) >= 11 is 0. The van der Waals surface area contributed by atoms with Gasteiger partial charge in [0.15, 0.2) is 0 Å². The van der Waals surface area contributed by atoms with Crippen LogP contribution < -0.4 is 10.1 Å². The van der Waals surface area contributed by atoms with Gasteiger partial charge in [-0.15, -0.1) is 0 Å². The number of amides is 1. The van der Waals surface area contributed by atoms with E-state index >= 15 is 0 Å². The second kappa shape index (κ2) is 11.3. The minimum Gasteiger partial charge on any atom is -0.497 e. The number of hydrogen-bond acceptors (Lipinski definition) is 6. The Morgan fingerprint density at radius 3 is 2.09 bits per heavy atom. The molecule has 0 spiro atoms. The van der Waals surface area contributed by atoms with Crippen molar-refractivity contribution in [1.29, 1.82) is 0 Å². The molecule has 2 atom stereocenters. The number of carbonyl (C=O) groups excluding carboxylic acids is 3. The maximum Gasteiger partial charge on any atom is 0.329 e. The normalized spacial score (nSPS) is 12.9. The highest BCUT2D eigenvalue weighted by Gasteiger charge is 2.31. The van der Waals surface area contributed by atoms with Gasteiger partial charge < -0.3 is 19.5 Å². The van der Waals surface area contributed by atoms with E-state index in [4.69, 9.17) is 14.2 Å². The van der Waals surface area contributed by atoms with Gasteiger partial charge in [0.1, 0.15) is 29.9 Å². The molecule has 0 radical (unpaired) electrons. The molecule has 0 fully saturated rings. The molecule has 7 nitrogen and oxygen atoms in total. The first-order chi connectivity index (χ1) is 15.1. The topological polar surface area (TPSA) is 90.9 Å². The lowest BCUT2D eigenvalue weighted by atomic mass is 10.0. The van der Waals surface area contributed by atoms with E-state index in [0.29, 0.717) is 5.75 Å². The third kappa shape index (κ3) is 8.06. The van der Waals surface area contributed by atoms with Crippen molar-refractivity contribution in [3.8, 4) is 5.75 Å². The van der Waals surface area contributed by atoms with Crippen LogP contribution in [0.3, 0.4) is 0 Å². The molecule has 0 saturated carbocycles. The summed E-state index contributed by atoms with van der Waals surface area (Å²) in [5, 5.41) is 2.65. The Balaban J connectivity index is 2.11. The Labute approximate surface area is 189 Å². The fourth-order valence-electron chi connectivity index (χ4n) is 2.81. The largest absolute Gasteiger partial charge is 0.497 e. The van der Waals surface area contributed by atoms with Crippen LogP contribution in [0.4, 0.5) is 0 Å². The third-order valence-electron chi connectivity index (χ3n) is 4.58. The Morgan fingerprint density at radius 2 is 1.53 bits per heavy atom. The second-order valence-corrected chi connectivity index (χ2v) is 8.46. The van der Waals surface area contributed by atoms with Crippen molar-refractivity contribution in [3.05, 3.63) is 65.7 Å². The third-order valence-corrected chi connectivity index (χ3v) is 4.58. The SMILES string of the molecule is COc1ccc(C[C@H](NC(=O)[C@H](C)C(=O)OC(C)(C)C)C(=O)OCc2ccccc2)cc1. The number of rotatable bonds is 9. The number of methoxy groups -OCH3 is 1. The summed E-state index contributed by atoms with van der Waals surface area (Å²) in [4.78, 5) is 37.8. The van der Waals surface area contributed by atoms with Crippen LogP contribution in [-0.4, -0.2) is 36.6 Å². The van der Waals surface area contributed by atoms with Gasteiger partial charge >= 0.3 is 11.9 Å². The van der Waals surface area contributed by atoms with Crippen LogP contribution in [-0.2, 0) is 36.9 Å². The van der Waals surface area contributed by atoms with Crippen molar-refractivity contribution in [1.82, 2.24) is 5.32 Å². The van der Waals surface area contributed by atoms with Crippen LogP contribution in [0.5, 0.6) is 5.75 Å². The number of ether oxygens (including phenoxy) is 3. The van der Waals surface area contributed by atoms with Gasteiger partial charge in [-0.05, 0) is 51.0 Å². The van der Waals surface area contributed by atoms with Gasteiger partial charge in [-0.2, -0.15) is 0 Å². The van der Waals surface area contributed by atoms with Crippen molar-refractivity contribution in [2.24, 2.45) is 5.92 Å². The monoisotopic (exact) mass is 441 g/mol. The van der Waals surface area contributed by atoms with Gasteiger partial charge in [0.2, 0.25) is 5.91 Å². The first-order valence-electron chi connectivity index (χ1n) is 10.5. The zero-order valence-electron chi connectivity index (χ0n) is 19.2. The molecule has 0 aliphatic rings. The highest BCUT2D eigenvalue weighted by molar-refractivity contribution is 5.99. The zero-order valence-corrected chi connectivity index (χ0v) is 19.2. The molecule has 1 N–H and O–H groups in total. The fraction of sp³-hybridized carbons (Fsp3) is 0.400. The van der Waals surface area contributed by atoms with Gasteiger partial charge in [-0.3, -0.25) is 9.59 Å². The predicted molar refractivity (Wildman–Crippen MR) is 120 cm³/mol. The minimum absolute atomic E-state index is 0.0796. The average molecular weight is 442 g/mol. The molecule has 0 bridgehead atoms. The predicted octanol–water partition coefficient (Wildman–Crippen LogP) is 3.44. The molecule has 0 aliphatic carbocycles. The summed E-state index contributed by atoms with van der Waals surface area (Å²) in [5.41, 5.74) is 0.915. The van der Waals surface area contributed by atoms with Crippen molar-refractivity contribution in [2.45, 2.75) is 52.4 Å². The summed E-state index contributed by atoms with van der Waals surface area (Å²) < 4.78 is 15.9. The molecule has 2 rings (SSSR count). The van der Waals surface area contributed by atoms with E-state index in [1.54, 1.807) is 52.1 Å². The maximum atomic E-state index is 12.8. The molecule has 0 aliphatic heterocycles. The molecule has 0 aromatic heterocycles. The van der Waals surface area contributed by atoms with E-state index < -0.39 is 35.4 Å². The molecular formula is C25H31NO6. The Hall–Kier alpha value is -3.35. The number of nitrogens with one attached hydrogen (secondary N) is 1. The van der Waals surface area contributed by atoms with Crippen LogP contribution in [0, 0.1) is 5.92 Å². The highest BCUT2D eigenvalue weighted by atomic mass is 16.6. The number of esters is 2. The molecule has 1 amide bonds. The molecule has 7 heteroatoms. The maximum absolute atomic E-state index is 12.8. The number of benzene rings is 2. The lowest BCUT2D eigenvalue weighted by Crippen LogP contribution is -2.47. The van der Waals surface area contributed by atoms with Gasteiger partial charge in [0.25, 0.3) is 0 Å². The van der Waals surface area contributed by atoms with Gasteiger partial charge in [0.05, 0.1) is 7.11 Å². The quantitative estimate of drug-likeness (QED) is 0.474. The number of hydrogen-bond donors (Lipinski definition) is 1. The molecule has 2 aromatic rings. The van der Waals surface area contributed by atoms with Gasteiger partial charge in [-0.25, -0.2) is 4.79 Å². The highest BCUT2D eigenvalue weighted by Crippen LogP contribution is 2.15. The van der Waals surface area contributed by atoms with Crippen LogP contribution in [0.2, 0.25) is 0 Å². The molecule has 32 heavy (non-hydrogen) atoms. The first-order valence-corrected chi connectivity index (χ1v) is 10.5. The van der Waals surface area contributed by atoms with E-state index in [1.165, 1.54) is 6.92 Å². The summed E-state index contributed by atoms with van der Waals surface area (Å²) in [5.74, 6) is -2.24. The molecule has 0 heterocycles. The Morgan fingerprint density at radius 1 is 0.906 bits per heavy atom. The van der Waals surface area contributed by atoms with E-state index in [0.717, 1.165) is 11.1 Å². The lowest BCUT2D eigenvalue weighted by Gasteiger charge is -2.23. The Bertz CT molecular complexity index is 902. The molecule has 0 saturated heterocycles. The molecule has 2 aromatic carbocycles. The zero-order chi connectivity index (χ0) is 23.7. The smallest absolute Gasteiger partial charge is 0.329 e. The van der Waals surface area contributed by atoms with Crippen LogP contribution in [0.25, 0.3) is 0 Å². The van der Waals surface area contributed by atoms with Crippen LogP contribution >= 0.6 is 0 Å². The van der Waals surface area contributed by atoms with E-state index in [9.17, 15) is 14.4 Å². The van der Waals surface area contributed by atoms with Crippen LogP contribution in [0.1, 0.15) is 38.8 Å². The fourth-order valence-corrected chi connectivity index (χ4v) is 2.81. The van der Waals surface area contributed by atoms with Crippen molar-refractivity contribution >= 4 is 17.8 Å². The second-order valence-electron chi connectivity index (χ2n) is 8.46. The summed E-state index contributed by atoms with van der Waals surface area (Å²) in [6, 6.07) is 15.4. The van der Waals surface area contributed by atoms with E-state index in [2.05, 4.69) is 5.32 Å². The van der Waals surface area contributed by atoms with E-state index in [-0.39, 0.29) is 13.0 Å². The average Bonchev–Trinajstić information content (AvgIpc) is 2.76. The Kier molecular flexibility index (Phi) is 8.81. The van der Waals surface area contributed by atoms with Crippen molar-refractivity contribution in [2.75, 3.05) is 7.11 Å². The van der Waals surface area contributed by atoms with Gasteiger partial charge in [0, 0.05) is 6.42 Å². The summed E-state index contributed by atoms with van der Waals surface area (Å²) in [6.45, 7) is 6.70. The standard InChI is InChI=1S/C25H31NO6/c1-17(23(28)32-25(2,3)4)22(27)26-21(15-18-11-13-20(30-5)14-12-18)24(29)31-16-19-9-7-6-8-10-19/h6-14,17,21H,15-16H2,1-5H3,(H,26,27)/t17-,21-/m0/s1. The lowest BCUT2D eigenvalue weighted by molar-refractivity contribution is -0.163. The van der Waals surface area contributed by atoms with Crippen molar-refractivity contribution < 1.29 is 28.6 Å².